The number of benzene rings is 1. The van der Waals surface area contributed by atoms with Crippen LogP contribution in [-0.4, -0.2) is 39.9 Å². The van der Waals surface area contributed by atoms with Crippen LogP contribution < -0.4 is 24.8 Å². The average molecular weight is 375 g/mol. The zero-order valence-electron chi connectivity index (χ0n) is 16.5. The van der Waals surface area contributed by atoms with Crippen LogP contribution in [0, 0.1) is 0 Å². The molecule has 0 spiro atoms. The number of nitrogens with zero attached hydrogens (tertiary/aromatic N) is 1. The molecule has 1 aromatic heterocycles. The fourth-order valence-corrected chi connectivity index (χ4v) is 2.58. The summed E-state index contributed by atoms with van der Waals surface area (Å²) in [5, 5.41) is 6.55. The van der Waals surface area contributed by atoms with Crippen LogP contribution in [0.5, 0.6) is 17.2 Å². The summed E-state index contributed by atoms with van der Waals surface area (Å²) >= 11 is 0. The van der Waals surface area contributed by atoms with Crippen LogP contribution in [-0.2, 0) is 13.0 Å². The van der Waals surface area contributed by atoms with Gasteiger partial charge in [-0.1, -0.05) is 0 Å². The van der Waals surface area contributed by atoms with Gasteiger partial charge in [-0.25, -0.2) is 4.99 Å². The SMILES string of the molecule is CCNC(=NCc1cc(OC)c(OCC)c(OC)c1)NCCc1ccco1. The van der Waals surface area contributed by atoms with Gasteiger partial charge in [-0.2, -0.15) is 0 Å². The minimum Gasteiger partial charge on any atom is -0.493 e. The van der Waals surface area contributed by atoms with Gasteiger partial charge in [0.25, 0.3) is 0 Å². The van der Waals surface area contributed by atoms with E-state index >= 15 is 0 Å². The number of hydrogen-bond acceptors (Lipinski definition) is 5. The maximum atomic E-state index is 5.64. The lowest BCUT2D eigenvalue weighted by Gasteiger charge is -2.15. The van der Waals surface area contributed by atoms with E-state index in [1.165, 1.54) is 0 Å². The van der Waals surface area contributed by atoms with Crippen molar-refractivity contribution in [3.05, 3.63) is 41.9 Å². The highest BCUT2D eigenvalue weighted by Gasteiger charge is 2.13. The quantitative estimate of drug-likeness (QED) is 0.491. The summed E-state index contributed by atoms with van der Waals surface area (Å²) in [4.78, 5) is 4.64. The first kappa shape index (κ1) is 20.5. The van der Waals surface area contributed by atoms with Crippen molar-refractivity contribution in [3.8, 4) is 17.2 Å². The number of aliphatic imine (C=N–C) groups is 1. The molecule has 2 rings (SSSR count). The van der Waals surface area contributed by atoms with Gasteiger partial charge in [0.05, 0.1) is 33.6 Å². The standard InChI is InChI=1S/C20H29N3O4/c1-5-21-20(22-10-9-16-8-7-11-27-16)23-14-15-12-17(24-3)19(26-6-2)18(13-15)25-4/h7-8,11-13H,5-6,9-10,14H2,1-4H3,(H2,21,22,23). The highest BCUT2D eigenvalue weighted by Crippen LogP contribution is 2.38. The first-order chi connectivity index (χ1) is 13.2. The summed E-state index contributed by atoms with van der Waals surface area (Å²) in [5.74, 6) is 3.57. The van der Waals surface area contributed by atoms with Crippen LogP contribution in [0.3, 0.4) is 0 Å². The Morgan fingerprint density at radius 2 is 1.85 bits per heavy atom. The van der Waals surface area contributed by atoms with Gasteiger partial charge in [-0.15, -0.1) is 0 Å². The van der Waals surface area contributed by atoms with E-state index in [1.54, 1.807) is 20.5 Å². The number of furan rings is 1. The predicted molar refractivity (Wildman–Crippen MR) is 106 cm³/mol. The van der Waals surface area contributed by atoms with Gasteiger partial charge in [0.2, 0.25) is 5.75 Å². The summed E-state index contributed by atoms with van der Waals surface area (Å²) in [6, 6.07) is 7.69. The van der Waals surface area contributed by atoms with E-state index in [9.17, 15) is 0 Å². The second-order valence-electron chi connectivity index (χ2n) is 5.71. The van der Waals surface area contributed by atoms with Crippen molar-refractivity contribution < 1.29 is 18.6 Å². The van der Waals surface area contributed by atoms with Crippen molar-refractivity contribution in [1.29, 1.82) is 0 Å². The third-order valence-corrected chi connectivity index (χ3v) is 3.82. The van der Waals surface area contributed by atoms with Gasteiger partial charge in [-0.3, -0.25) is 0 Å². The lowest BCUT2D eigenvalue weighted by Crippen LogP contribution is -2.38. The van der Waals surface area contributed by atoms with E-state index in [4.69, 9.17) is 18.6 Å². The van der Waals surface area contributed by atoms with Gasteiger partial charge in [0, 0.05) is 19.5 Å². The Kier molecular flexibility index (Phi) is 8.35. The van der Waals surface area contributed by atoms with E-state index in [-0.39, 0.29) is 0 Å². The normalized spacial score (nSPS) is 11.2. The van der Waals surface area contributed by atoms with Gasteiger partial charge < -0.3 is 29.3 Å². The van der Waals surface area contributed by atoms with Crippen molar-refractivity contribution in [2.75, 3.05) is 33.9 Å². The highest BCUT2D eigenvalue weighted by atomic mass is 16.5. The molecule has 7 heteroatoms. The molecule has 0 saturated heterocycles. The second kappa shape index (κ2) is 11.0. The van der Waals surface area contributed by atoms with Crippen LogP contribution in [0.1, 0.15) is 25.2 Å². The molecule has 0 aliphatic heterocycles. The van der Waals surface area contributed by atoms with Gasteiger partial charge in [0.15, 0.2) is 17.5 Å². The summed E-state index contributed by atoms with van der Waals surface area (Å²) in [5.41, 5.74) is 0.968. The van der Waals surface area contributed by atoms with Crippen LogP contribution >= 0.6 is 0 Å². The van der Waals surface area contributed by atoms with Crippen molar-refractivity contribution in [2.24, 2.45) is 4.99 Å². The lowest BCUT2D eigenvalue weighted by atomic mass is 10.2. The Morgan fingerprint density at radius 1 is 1.11 bits per heavy atom. The number of nitrogens with one attached hydrogen (secondary N) is 2. The fourth-order valence-electron chi connectivity index (χ4n) is 2.58. The molecule has 7 nitrogen and oxygen atoms in total. The van der Waals surface area contributed by atoms with E-state index < -0.39 is 0 Å². The minimum atomic E-state index is 0.481. The fraction of sp³-hybridized carbons (Fsp3) is 0.450. The van der Waals surface area contributed by atoms with Crippen molar-refractivity contribution in [1.82, 2.24) is 10.6 Å². The maximum Gasteiger partial charge on any atom is 0.203 e. The number of guanidine groups is 1. The minimum absolute atomic E-state index is 0.481. The molecule has 1 aromatic carbocycles. The van der Waals surface area contributed by atoms with E-state index in [0.717, 1.165) is 36.8 Å². The van der Waals surface area contributed by atoms with Crippen molar-refractivity contribution in [2.45, 2.75) is 26.8 Å². The zero-order chi connectivity index (χ0) is 19.5. The molecule has 0 aliphatic carbocycles. The Morgan fingerprint density at radius 3 is 2.41 bits per heavy atom. The molecule has 0 radical (unpaired) electrons. The number of ether oxygens (including phenoxy) is 3. The van der Waals surface area contributed by atoms with E-state index in [1.807, 2.05) is 38.1 Å². The number of methoxy groups -OCH3 is 2. The van der Waals surface area contributed by atoms with E-state index in [0.29, 0.717) is 30.4 Å². The molecular weight excluding hydrogens is 346 g/mol. The molecule has 2 N–H and O–H groups in total. The molecule has 0 unspecified atom stereocenters. The highest BCUT2D eigenvalue weighted by molar-refractivity contribution is 5.79. The Labute approximate surface area is 160 Å². The van der Waals surface area contributed by atoms with Gasteiger partial charge in [0.1, 0.15) is 5.76 Å². The molecule has 0 bridgehead atoms. The summed E-state index contributed by atoms with van der Waals surface area (Å²) in [7, 11) is 3.23. The Bertz CT molecular complexity index is 689. The van der Waals surface area contributed by atoms with Crippen LogP contribution in [0.25, 0.3) is 0 Å². The Balaban J connectivity index is 2.07. The summed E-state index contributed by atoms with van der Waals surface area (Å²) in [6.07, 6.45) is 2.48. The monoisotopic (exact) mass is 375 g/mol. The topological polar surface area (TPSA) is 77.3 Å². The number of rotatable bonds is 10. The largest absolute Gasteiger partial charge is 0.493 e. The average Bonchev–Trinajstić information content (AvgIpc) is 3.20. The molecule has 0 atom stereocenters. The molecule has 0 fully saturated rings. The van der Waals surface area contributed by atoms with Crippen LogP contribution in [0.15, 0.2) is 39.9 Å². The summed E-state index contributed by atoms with van der Waals surface area (Å²) in [6.45, 7) is 6.49. The molecule has 148 valence electrons. The first-order valence-corrected chi connectivity index (χ1v) is 9.14. The summed E-state index contributed by atoms with van der Waals surface area (Å²) < 4.78 is 21.9. The third-order valence-electron chi connectivity index (χ3n) is 3.82. The van der Waals surface area contributed by atoms with Crippen molar-refractivity contribution in [3.63, 3.8) is 0 Å². The third kappa shape index (κ3) is 6.13. The van der Waals surface area contributed by atoms with Crippen LogP contribution in [0.2, 0.25) is 0 Å². The molecule has 27 heavy (non-hydrogen) atoms. The predicted octanol–water partition coefficient (Wildman–Crippen LogP) is 2.99. The Hall–Kier alpha value is -2.83. The number of hydrogen-bond donors (Lipinski definition) is 2. The molecule has 0 aliphatic rings. The molecule has 0 amide bonds. The van der Waals surface area contributed by atoms with Gasteiger partial charge >= 0.3 is 0 Å². The molecule has 1 heterocycles. The molecule has 0 saturated carbocycles. The van der Waals surface area contributed by atoms with Crippen molar-refractivity contribution >= 4 is 5.96 Å². The first-order valence-electron chi connectivity index (χ1n) is 9.14. The van der Waals surface area contributed by atoms with Gasteiger partial charge in [-0.05, 0) is 43.7 Å². The smallest absolute Gasteiger partial charge is 0.203 e. The van der Waals surface area contributed by atoms with E-state index in [2.05, 4.69) is 15.6 Å². The van der Waals surface area contributed by atoms with Crippen LogP contribution in [0.4, 0.5) is 0 Å². The second-order valence-corrected chi connectivity index (χ2v) is 5.71. The lowest BCUT2D eigenvalue weighted by molar-refractivity contribution is 0.288. The maximum absolute atomic E-state index is 5.64. The zero-order valence-corrected chi connectivity index (χ0v) is 16.5. The molecular formula is C20H29N3O4. The molecule has 2 aromatic rings.